The molecule has 1 heterocycles. The Kier molecular flexibility index (Phi) is 3.96. The zero-order valence-corrected chi connectivity index (χ0v) is 13.4. The Labute approximate surface area is 144 Å². The molecule has 0 saturated carbocycles. The van der Waals surface area contributed by atoms with Crippen LogP contribution in [-0.4, -0.2) is 21.0 Å². The van der Waals surface area contributed by atoms with Crippen molar-refractivity contribution in [1.29, 1.82) is 0 Å². The van der Waals surface area contributed by atoms with Crippen LogP contribution in [0.15, 0.2) is 78.9 Å². The van der Waals surface area contributed by atoms with Crippen LogP contribution < -0.4 is 4.74 Å². The summed E-state index contributed by atoms with van der Waals surface area (Å²) in [6, 6.07) is 24.2. The summed E-state index contributed by atoms with van der Waals surface area (Å²) >= 11 is 0. The van der Waals surface area contributed by atoms with E-state index in [1.165, 1.54) is 0 Å². The van der Waals surface area contributed by atoms with Crippen LogP contribution in [0.25, 0.3) is 11.0 Å². The predicted molar refractivity (Wildman–Crippen MR) is 94.5 cm³/mol. The minimum Gasteiger partial charge on any atom is -0.423 e. The quantitative estimate of drug-likeness (QED) is 0.423. The third-order valence-corrected chi connectivity index (χ3v) is 3.90. The highest BCUT2D eigenvalue weighted by molar-refractivity contribution is 5.91. The molecule has 122 valence electrons. The van der Waals surface area contributed by atoms with Crippen LogP contribution in [0.2, 0.25) is 0 Å². The lowest BCUT2D eigenvalue weighted by molar-refractivity contribution is 0.0735. The van der Waals surface area contributed by atoms with Crippen molar-refractivity contribution in [3.05, 3.63) is 90.0 Å². The van der Waals surface area contributed by atoms with Crippen LogP contribution in [0.5, 0.6) is 5.75 Å². The molecule has 0 unspecified atom stereocenters. The molecule has 4 aromatic rings. The fourth-order valence-electron chi connectivity index (χ4n) is 2.61. The monoisotopic (exact) mass is 329 g/mol. The van der Waals surface area contributed by atoms with Crippen molar-refractivity contribution < 1.29 is 9.53 Å². The number of ether oxygens (including phenoxy) is 1. The molecule has 0 aliphatic carbocycles. The van der Waals surface area contributed by atoms with E-state index in [1.54, 1.807) is 24.3 Å². The lowest BCUT2D eigenvalue weighted by atomic mass is 10.1. The summed E-state index contributed by atoms with van der Waals surface area (Å²) in [6.45, 7) is 0.592. The average Bonchev–Trinajstić information content (AvgIpc) is 3.06. The van der Waals surface area contributed by atoms with E-state index in [1.807, 2.05) is 59.3 Å². The van der Waals surface area contributed by atoms with Crippen molar-refractivity contribution in [1.82, 2.24) is 15.0 Å². The van der Waals surface area contributed by atoms with Gasteiger partial charge in [-0.1, -0.05) is 47.7 Å². The number of para-hydroxylation sites is 2. The number of hydrogen-bond acceptors (Lipinski definition) is 4. The molecule has 1 aromatic heterocycles. The van der Waals surface area contributed by atoms with Gasteiger partial charge in [-0.3, -0.25) is 0 Å². The van der Waals surface area contributed by atoms with Gasteiger partial charge in [-0.15, -0.1) is 5.10 Å². The van der Waals surface area contributed by atoms with Crippen LogP contribution in [0.4, 0.5) is 0 Å². The first-order valence-corrected chi connectivity index (χ1v) is 7.94. The third-order valence-electron chi connectivity index (χ3n) is 3.90. The van der Waals surface area contributed by atoms with E-state index in [0.717, 1.165) is 16.6 Å². The van der Waals surface area contributed by atoms with E-state index in [4.69, 9.17) is 4.74 Å². The molecule has 0 bridgehead atoms. The van der Waals surface area contributed by atoms with Crippen molar-refractivity contribution >= 4 is 17.0 Å². The number of rotatable bonds is 4. The van der Waals surface area contributed by atoms with Crippen molar-refractivity contribution in [3.8, 4) is 5.75 Å². The Morgan fingerprint density at radius 2 is 1.60 bits per heavy atom. The van der Waals surface area contributed by atoms with E-state index in [0.29, 0.717) is 17.9 Å². The molecule has 3 aromatic carbocycles. The van der Waals surface area contributed by atoms with Crippen molar-refractivity contribution in [3.63, 3.8) is 0 Å². The first-order chi connectivity index (χ1) is 12.3. The number of benzene rings is 3. The Hall–Kier alpha value is -3.47. The minimum absolute atomic E-state index is 0.371. The molecule has 0 N–H and O–H groups in total. The van der Waals surface area contributed by atoms with Gasteiger partial charge in [-0.05, 0) is 42.0 Å². The topological polar surface area (TPSA) is 57.0 Å². The van der Waals surface area contributed by atoms with Crippen LogP contribution in [0, 0.1) is 0 Å². The number of carbonyl (C=O) groups excluding carboxylic acids is 1. The van der Waals surface area contributed by atoms with Gasteiger partial charge in [0.25, 0.3) is 0 Å². The van der Waals surface area contributed by atoms with Crippen LogP contribution in [0.1, 0.15) is 15.9 Å². The van der Waals surface area contributed by atoms with Gasteiger partial charge in [-0.25, -0.2) is 9.48 Å². The summed E-state index contributed by atoms with van der Waals surface area (Å²) in [5.41, 5.74) is 3.39. The van der Waals surface area contributed by atoms with Gasteiger partial charge in [0.05, 0.1) is 17.6 Å². The van der Waals surface area contributed by atoms with Crippen LogP contribution in [0.3, 0.4) is 0 Å². The van der Waals surface area contributed by atoms with Crippen molar-refractivity contribution in [2.24, 2.45) is 0 Å². The fraction of sp³-hybridized carbons (Fsp3) is 0.0500. The highest BCUT2D eigenvalue weighted by atomic mass is 16.5. The molecule has 0 spiro atoms. The molecule has 25 heavy (non-hydrogen) atoms. The fourth-order valence-corrected chi connectivity index (χ4v) is 2.61. The van der Waals surface area contributed by atoms with Gasteiger partial charge >= 0.3 is 5.97 Å². The summed E-state index contributed by atoms with van der Waals surface area (Å²) in [5.74, 6) is 0.162. The number of aromatic nitrogens is 3. The Morgan fingerprint density at radius 3 is 2.40 bits per heavy atom. The lowest BCUT2D eigenvalue weighted by Gasteiger charge is -2.06. The third kappa shape index (κ3) is 3.26. The number of carbonyl (C=O) groups is 1. The van der Waals surface area contributed by atoms with E-state index >= 15 is 0 Å². The van der Waals surface area contributed by atoms with Gasteiger partial charge in [-0.2, -0.15) is 0 Å². The molecule has 0 amide bonds. The van der Waals surface area contributed by atoms with E-state index in [2.05, 4.69) is 10.3 Å². The molecule has 0 radical (unpaired) electrons. The first-order valence-electron chi connectivity index (χ1n) is 7.94. The molecule has 5 nitrogen and oxygen atoms in total. The average molecular weight is 329 g/mol. The van der Waals surface area contributed by atoms with Gasteiger partial charge in [0.15, 0.2) is 0 Å². The van der Waals surface area contributed by atoms with E-state index < -0.39 is 0 Å². The number of esters is 1. The van der Waals surface area contributed by atoms with E-state index in [9.17, 15) is 4.79 Å². The van der Waals surface area contributed by atoms with Crippen LogP contribution >= 0.6 is 0 Å². The van der Waals surface area contributed by atoms with Gasteiger partial charge in [0.1, 0.15) is 11.3 Å². The Morgan fingerprint density at radius 1 is 0.880 bits per heavy atom. The minimum atomic E-state index is -0.371. The molecule has 0 atom stereocenters. The second-order valence-electron chi connectivity index (χ2n) is 5.64. The predicted octanol–water partition coefficient (Wildman–Crippen LogP) is 3.70. The number of hydrogen-bond donors (Lipinski definition) is 0. The van der Waals surface area contributed by atoms with E-state index in [-0.39, 0.29) is 5.97 Å². The highest BCUT2D eigenvalue weighted by Crippen LogP contribution is 2.15. The molecular weight excluding hydrogens is 314 g/mol. The summed E-state index contributed by atoms with van der Waals surface area (Å²) in [6.07, 6.45) is 0. The molecule has 4 rings (SSSR count). The van der Waals surface area contributed by atoms with Gasteiger partial charge in [0, 0.05) is 0 Å². The molecule has 0 fully saturated rings. The second kappa shape index (κ2) is 6.57. The van der Waals surface area contributed by atoms with Gasteiger partial charge in [0.2, 0.25) is 0 Å². The maximum Gasteiger partial charge on any atom is 0.343 e. The molecule has 0 saturated heterocycles. The van der Waals surface area contributed by atoms with Crippen molar-refractivity contribution in [2.75, 3.05) is 0 Å². The Balaban J connectivity index is 1.49. The second-order valence-corrected chi connectivity index (χ2v) is 5.64. The zero-order valence-electron chi connectivity index (χ0n) is 13.4. The highest BCUT2D eigenvalue weighted by Gasteiger charge is 2.09. The summed E-state index contributed by atoms with van der Waals surface area (Å²) in [5, 5.41) is 8.33. The Bertz CT molecular complexity index is 1010. The van der Waals surface area contributed by atoms with Crippen molar-refractivity contribution in [2.45, 2.75) is 6.54 Å². The molecule has 0 aliphatic heterocycles. The van der Waals surface area contributed by atoms with Crippen LogP contribution in [-0.2, 0) is 6.54 Å². The first kappa shape index (κ1) is 15.1. The largest absolute Gasteiger partial charge is 0.423 e. The summed E-state index contributed by atoms with van der Waals surface area (Å²) in [4.78, 5) is 12.2. The smallest absolute Gasteiger partial charge is 0.343 e. The maximum absolute atomic E-state index is 12.2. The standard InChI is InChI=1S/C20H15N3O2/c24-20(25-17-6-2-1-3-7-17)16-12-10-15(11-13-16)14-23-19-9-5-4-8-18(19)21-22-23/h1-13H,14H2. The number of fused-ring (bicyclic) bond motifs is 1. The molecule has 5 heteroatoms. The summed E-state index contributed by atoms with van der Waals surface area (Å²) < 4.78 is 7.18. The zero-order chi connectivity index (χ0) is 17.1. The number of nitrogens with zero attached hydrogens (tertiary/aromatic N) is 3. The lowest BCUT2D eigenvalue weighted by Crippen LogP contribution is -2.09. The molecule has 0 aliphatic rings. The SMILES string of the molecule is O=C(Oc1ccccc1)c1ccc(Cn2nnc3ccccc32)cc1. The summed E-state index contributed by atoms with van der Waals surface area (Å²) in [7, 11) is 0. The molecular formula is C20H15N3O2. The normalized spacial score (nSPS) is 10.7. The van der Waals surface area contributed by atoms with Gasteiger partial charge < -0.3 is 4.74 Å². The maximum atomic E-state index is 12.2.